The third-order valence-electron chi connectivity index (χ3n) is 2.99. The van der Waals surface area contributed by atoms with Crippen molar-refractivity contribution < 1.29 is 21.0 Å². The van der Waals surface area contributed by atoms with E-state index in [-0.39, 0.29) is 12.1 Å². The maximum atomic E-state index is 11.3. The van der Waals surface area contributed by atoms with Gasteiger partial charge >= 0.3 is 0 Å². The quantitative estimate of drug-likeness (QED) is 0.688. The van der Waals surface area contributed by atoms with Crippen molar-refractivity contribution in [3.8, 4) is 0 Å². The molecular formula is C9H19NO5S2. The highest BCUT2D eigenvalue weighted by Crippen LogP contribution is 2.26. The first-order valence-corrected chi connectivity index (χ1v) is 9.07. The van der Waals surface area contributed by atoms with E-state index in [0.717, 1.165) is 6.26 Å². The average Bonchev–Trinajstić information content (AvgIpc) is 2.14. The summed E-state index contributed by atoms with van der Waals surface area (Å²) < 4.78 is 50.8. The van der Waals surface area contributed by atoms with Gasteiger partial charge in [0.05, 0.1) is 18.6 Å². The van der Waals surface area contributed by atoms with Crippen LogP contribution in [0.2, 0.25) is 0 Å². The molecule has 0 bridgehead atoms. The van der Waals surface area contributed by atoms with Gasteiger partial charge in [0.25, 0.3) is 10.1 Å². The molecule has 0 aromatic heterocycles. The Hall–Kier alpha value is -0.180. The van der Waals surface area contributed by atoms with Gasteiger partial charge in [-0.15, -0.1) is 0 Å². The molecule has 1 aliphatic carbocycles. The van der Waals surface area contributed by atoms with Gasteiger partial charge in [-0.1, -0.05) is 0 Å². The Morgan fingerprint density at radius 3 is 1.82 bits per heavy atom. The van der Waals surface area contributed by atoms with Crippen LogP contribution in [0.4, 0.5) is 0 Å². The lowest BCUT2D eigenvalue weighted by Gasteiger charge is -2.32. The molecule has 8 heteroatoms. The third-order valence-corrected chi connectivity index (χ3v) is 4.96. The van der Waals surface area contributed by atoms with Crippen molar-refractivity contribution in [1.29, 1.82) is 0 Å². The molecule has 6 nitrogen and oxygen atoms in total. The van der Waals surface area contributed by atoms with Gasteiger partial charge in [-0.25, -0.2) is 12.7 Å². The first kappa shape index (κ1) is 14.9. The summed E-state index contributed by atoms with van der Waals surface area (Å²) in [6.07, 6.45) is 4.28. The van der Waals surface area contributed by atoms with Gasteiger partial charge < -0.3 is 0 Å². The van der Waals surface area contributed by atoms with Gasteiger partial charge in [0.1, 0.15) is 0 Å². The first-order chi connectivity index (χ1) is 7.59. The molecule has 0 saturated heterocycles. The van der Waals surface area contributed by atoms with Gasteiger partial charge in [-0.3, -0.25) is 4.18 Å². The second-order valence-corrected chi connectivity index (χ2v) is 8.15. The van der Waals surface area contributed by atoms with Crippen LogP contribution in [0.25, 0.3) is 0 Å². The number of sulfonamides is 1. The van der Waals surface area contributed by atoms with Gasteiger partial charge in [-0.2, -0.15) is 8.42 Å². The number of rotatable bonds is 4. The highest BCUT2D eigenvalue weighted by molar-refractivity contribution is 7.88. The smallest absolute Gasteiger partial charge is 0.264 e. The fraction of sp³-hybridized carbons (Fsp3) is 1.00. The van der Waals surface area contributed by atoms with E-state index in [1.807, 2.05) is 0 Å². The third kappa shape index (κ3) is 4.90. The van der Waals surface area contributed by atoms with Crippen molar-refractivity contribution in [2.75, 3.05) is 19.6 Å². The highest BCUT2D eigenvalue weighted by atomic mass is 32.2. The fourth-order valence-corrected chi connectivity index (χ4v) is 3.46. The number of nitrogens with zero attached hydrogens (tertiary/aromatic N) is 1. The molecule has 17 heavy (non-hydrogen) atoms. The maximum Gasteiger partial charge on any atom is 0.264 e. The molecule has 0 aromatic carbocycles. The van der Waals surface area contributed by atoms with E-state index in [0.29, 0.717) is 25.7 Å². The Morgan fingerprint density at radius 1 is 1.00 bits per heavy atom. The predicted octanol–water partition coefficient (Wildman–Crippen LogP) is 0.165. The Bertz CT molecular complexity index is 448. The number of hydrogen-bond acceptors (Lipinski definition) is 5. The van der Waals surface area contributed by atoms with E-state index in [4.69, 9.17) is 4.18 Å². The summed E-state index contributed by atoms with van der Waals surface area (Å²) in [7, 11) is -5.05. The van der Waals surface area contributed by atoms with Crippen molar-refractivity contribution in [1.82, 2.24) is 4.31 Å². The van der Waals surface area contributed by atoms with E-state index in [9.17, 15) is 16.8 Å². The van der Waals surface area contributed by atoms with Gasteiger partial charge in [0, 0.05) is 13.1 Å². The van der Waals surface area contributed by atoms with Crippen molar-refractivity contribution in [3.05, 3.63) is 0 Å². The normalized spacial score (nSPS) is 27.3. The van der Waals surface area contributed by atoms with E-state index >= 15 is 0 Å². The molecule has 0 amide bonds. The zero-order chi connectivity index (χ0) is 13.3. The van der Waals surface area contributed by atoms with Crippen LogP contribution in [-0.2, 0) is 24.3 Å². The second-order valence-electron chi connectivity index (χ2n) is 4.51. The summed E-state index contributed by atoms with van der Waals surface area (Å²) in [5, 5.41) is 0. The lowest BCUT2D eigenvalue weighted by molar-refractivity contribution is 0.132. The van der Waals surface area contributed by atoms with E-state index in [2.05, 4.69) is 0 Å². The van der Waals surface area contributed by atoms with Gasteiger partial charge in [0.2, 0.25) is 10.0 Å². The largest absolute Gasteiger partial charge is 0.267 e. The van der Waals surface area contributed by atoms with Crippen LogP contribution in [0.1, 0.15) is 25.7 Å². The Morgan fingerprint density at radius 2 is 1.47 bits per heavy atom. The molecule has 0 spiro atoms. The predicted molar refractivity (Wildman–Crippen MR) is 64.6 cm³/mol. The van der Waals surface area contributed by atoms with Crippen LogP contribution < -0.4 is 0 Å². The molecule has 0 aliphatic heterocycles. The van der Waals surface area contributed by atoms with E-state index < -0.39 is 20.1 Å². The molecule has 102 valence electrons. The van der Waals surface area contributed by atoms with Crippen LogP contribution in [0.3, 0.4) is 0 Å². The molecule has 0 N–H and O–H groups in total. The lowest BCUT2D eigenvalue weighted by atomic mass is 9.93. The SMILES string of the molecule is CN(C1CCC(OS(C)(=O)=O)CC1)S(C)(=O)=O. The van der Waals surface area contributed by atoms with Crippen LogP contribution in [0, 0.1) is 0 Å². The van der Waals surface area contributed by atoms with Crippen LogP contribution in [0.5, 0.6) is 0 Å². The van der Waals surface area contributed by atoms with Crippen molar-refractivity contribution in [2.45, 2.75) is 37.8 Å². The van der Waals surface area contributed by atoms with Crippen LogP contribution >= 0.6 is 0 Å². The maximum absolute atomic E-state index is 11.3. The first-order valence-electron chi connectivity index (χ1n) is 5.41. The topological polar surface area (TPSA) is 80.8 Å². The van der Waals surface area contributed by atoms with Gasteiger partial charge in [0.15, 0.2) is 0 Å². The highest BCUT2D eigenvalue weighted by Gasteiger charge is 2.29. The Kier molecular flexibility index (Phi) is 4.56. The molecule has 0 aromatic rings. The second kappa shape index (κ2) is 5.21. The molecule has 0 unspecified atom stereocenters. The minimum atomic E-state index is -3.42. The molecule has 0 radical (unpaired) electrons. The minimum Gasteiger partial charge on any atom is -0.267 e. The van der Waals surface area contributed by atoms with Gasteiger partial charge in [-0.05, 0) is 25.7 Å². The van der Waals surface area contributed by atoms with Crippen molar-refractivity contribution in [2.24, 2.45) is 0 Å². The summed E-state index contributed by atoms with van der Waals surface area (Å²) in [5.74, 6) is 0. The molecular weight excluding hydrogens is 266 g/mol. The van der Waals surface area contributed by atoms with E-state index in [1.54, 1.807) is 7.05 Å². The zero-order valence-electron chi connectivity index (χ0n) is 10.3. The summed E-state index contributed by atoms with van der Waals surface area (Å²) in [4.78, 5) is 0. The standard InChI is InChI=1S/C9H19NO5S2/c1-10(16(2,11)12)8-4-6-9(7-5-8)15-17(3,13)14/h8-9H,4-7H2,1-3H3. The van der Waals surface area contributed by atoms with Crippen LogP contribution in [-0.4, -0.2) is 52.8 Å². The summed E-state index contributed by atoms with van der Waals surface area (Å²) in [6, 6.07) is -0.0515. The minimum absolute atomic E-state index is 0.0515. The molecule has 1 fully saturated rings. The van der Waals surface area contributed by atoms with Crippen LogP contribution in [0.15, 0.2) is 0 Å². The lowest BCUT2D eigenvalue weighted by Crippen LogP contribution is -2.40. The van der Waals surface area contributed by atoms with E-state index in [1.165, 1.54) is 10.6 Å². The molecule has 0 heterocycles. The van der Waals surface area contributed by atoms with Crippen molar-refractivity contribution in [3.63, 3.8) is 0 Å². The molecule has 1 rings (SSSR count). The summed E-state index contributed by atoms with van der Waals surface area (Å²) in [6.45, 7) is 0. The molecule has 0 atom stereocenters. The summed E-state index contributed by atoms with van der Waals surface area (Å²) in [5.41, 5.74) is 0. The monoisotopic (exact) mass is 285 g/mol. The average molecular weight is 285 g/mol. The number of hydrogen-bond donors (Lipinski definition) is 0. The Labute approximate surface area is 103 Å². The Balaban J connectivity index is 2.52. The molecule has 1 saturated carbocycles. The fourth-order valence-electron chi connectivity index (χ4n) is 2.02. The molecule has 1 aliphatic rings. The summed E-state index contributed by atoms with van der Waals surface area (Å²) >= 11 is 0. The van der Waals surface area contributed by atoms with Crippen molar-refractivity contribution >= 4 is 20.1 Å². The zero-order valence-corrected chi connectivity index (χ0v) is 11.9.